The van der Waals surface area contributed by atoms with Crippen molar-refractivity contribution < 1.29 is 22.0 Å². The van der Waals surface area contributed by atoms with E-state index in [-0.39, 0.29) is 5.95 Å². The standard InChI is InChI=1S/C19H19F3N4O2/c1-9-6-13(11(3)27-9)15-8-18(5,14-7-10(2)28-12(14)4)24-17-23-16(19(20,21)22)25-26(15)17/h6-8H,1-5H3,(H,23,24,25)/t18-/m0/s1. The molecule has 1 atom stereocenters. The Balaban J connectivity index is 1.96. The lowest BCUT2D eigenvalue weighted by molar-refractivity contribution is -0.144. The van der Waals surface area contributed by atoms with E-state index in [1.165, 1.54) is 4.68 Å². The number of aromatic nitrogens is 3. The Morgan fingerprint density at radius 2 is 1.68 bits per heavy atom. The van der Waals surface area contributed by atoms with Crippen LogP contribution in [0.4, 0.5) is 19.1 Å². The van der Waals surface area contributed by atoms with Crippen LogP contribution in [0.25, 0.3) is 5.70 Å². The lowest BCUT2D eigenvalue weighted by Crippen LogP contribution is -2.35. The molecular formula is C19H19F3N4O2. The number of hydrogen-bond donors (Lipinski definition) is 1. The average Bonchev–Trinajstić information content (AvgIpc) is 3.23. The number of aryl methyl sites for hydroxylation is 4. The lowest BCUT2D eigenvalue weighted by atomic mass is 9.89. The van der Waals surface area contributed by atoms with Crippen LogP contribution >= 0.6 is 0 Å². The highest BCUT2D eigenvalue weighted by molar-refractivity contribution is 5.74. The summed E-state index contributed by atoms with van der Waals surface area (Å²) < 4.78 is 52.2. The van der Waals surface area contributed by atoms with Crippen molar-refractivity contribution in [1.29, 1.82) is 0 Å². The molecule has 4 rings (SSSR count). The van der Waals surface area contributed by atoms with Crippen LogP contribution in [0.2, 0.25) is 0 Å². The molecule has 1 aliphatic heterocycles. The molecule has 0 unspecified atom stereocenters. The molecule has 3 aromatic rings. The Bertz CT molecular complexity index is 1100. The molecular weight excluding hydrogens is 373 g/mol. The molecule has 1 aliphatic rings. The molecule has 0 aliphatic carbocycles. The van der Waals surface area contributed by atoms with Gasteiger partial charge in [0.2, 0.25) is 5.95 Å². The first-order chi connectivity index (χ1) is 13.0. The number of hydrogen-bond acceptors (Lipinski definition) is 5. The van der Waals surface area contributed by atoms with Crippen molar-refractivity contribution in [2.75, 3.05) is 5.32 Å². The highest BCUT2D eigenvalue weighted by atomic mass is 19.4. The fraction of sp³-hybridized carbons (Fsp3) is 0.368. The number of furan rings is 2. The molecule has 1 N–H and O–H groups in total. The van der Waals surface area contributed by atoms with Gasteiger partial charge in [-0.3, -0.25) is 0 Å². The van der Waals surface area contributed by atoms with Crippen molar-refractivity contribution in [3.63, 3.8) is 0 Å². The van der Waals surface area contributed by atoms with Gasteiger partial charge in [-0.2, -0.15) is 22.8 Å². The minimum Gasteiger partial charge on any atom is -0.466 e. The highest BCUT2D eigenvalue weighted by Crippen LogP contribution is 2.41. The fourth-order valence-corrected chi connectivity index (χ4v) is 3.65. The predicted molar refractivity (Wildman–Crippen MR) is 95.7 cm³/mol. The van der Waals surface area contributed by atoms with Crippen LogP contribution in [0, 0.1) is 27.7 Å². The van der Waals surface area contributed by atoms with Crippen molar-refractivity contribution in [2.45, 2.75) is 46.3 Å². The van der Waals surface area contributed by atoms with Gasteiger partial charge < -0.3 is 14.2 Å². The summed E-state index contributed by atoms with van der Waals surface area (Å²) in [5, 5.41) is 6.79. The lowest BCUT2D eigenvalue weighted by Gasteiger charge is -2.33. The molecule has 4 heterocycles. The number of halogens is 3. The Morgan fingerprint density at radius 1 is 1.04 bits per heavy atom. The van der Waals surface area contributed by atoms with Gasteiger partial charge >= 0.3 is 6.18 Å². The van der Waals surface area contributed by atoms with Crippen molar-refractivity contribution >= 4 is 11.6 Å². The van der Waals surface area contributed by atoms with Crippen molar-refractivity contribution in [1.82, 2.24) is 14.8 Å². The van der Waals surface area contributed by atoms with E-state index < -0.39 is 17.5 Å². The number of anilines is 1. The zero-order valence-corrected chi connectivity index (χ0v) is 16.0. The third-order valence-electron chi connectivity index (χ3n) is 4.80. The van der Waals surface area contributed by atoms with Gasteiger partial charge in [0, 0.05) is 11.1 Å². The van der Waals surface area contributed by atoms with Gasteiger partial charge in [-0.25, -0.2) is 0 Å². The Morgan fingerprint density at radius 3 is 2.21 bits per heavy atom. The molecule has 0 saturated carbocycles. The molecule has 0 spiro atoms. The maximum absolute atomic E-state index is 13.3. The quantitative estimate of drug-likeness (QED) is 0.669. The maximum Gasteiger partial charge on any atom is 0.453 e. The highest BCUT2D eigenvalue weighted by Gasteiger charge is 2.41. The van der Waals surface area contributed by atoms with E-state index in [1.807, 2.05) is 32.9 Å². The van der Waals surface area contributed by atoms with Gasteiger partial charge in [0.25, 0.3) is 5.82 Å². The Kier molecular flexibility index (Phi) is 3.79. The van der Waals surface area contributed by atoms with E-state index in [4.69, 9.17) is 8.83 Å². The number of nitrogens with zero attached hydrogens (tertiary/aromatic N) is 3. The van der Waals surface area contributed by atoms with Crippen LogP contribution in [-0.4, -0.2) is 14.8 Å². The van der Waals surface area contributed by atoms with Crippen LogP contribution in [0.15, 0.2) is 27.0 Å². The van der Waals surface area contributed by atoms with E-state index in [1.54, 1.807) is 19.9 Å². The number of nitrogens with one attached hydrogen (secondary N) is 1. The zero-order chi connectivity index (χ0) is 20.4. The van der Waals surface area contributed by atoms with Crippen LogP contribution in [0.1, 0.15) is 46.9 Å². The summed E-state index contributed by atoms with van der Waals surface area (Å²) in [7, 11) is 0. The monoisotopic (exact) mass is 392 g/mol. The molecule has 0 aromatic carbocycles. The largest absolute Gasteiger partial charge is 0.466 e. The summed E-state index contributed by atoms with van der Waals surface area (Å²) in [5.41, 5.74) is 1.08. The molecule has 0 radical (unpaired) electrons. The molecule has 28 heavy (non-hydrogen) atoms. The normalized spacial score (nSPS) is 19.4. The topological polar surface area (TPSA) is 69.0 Å². The second-order valence-electron chi connectivity index (χ2n) is 7.18. The molecule has 0 bridgehead atoms. The minimum absolute atomic E-state index is 0.00355. The van der Waals surface area contributed by atoms with Crippen LogP contribution < -0.4 is 5.32 Å². The number of fused-ring (bicyclic) bond motifs is 1. The molecule has 0 amide bonds. The van der Waals surface area contributed by atoms with E-state index in [0.717, 1.165) is 5.56 Å². The first-order valence-electron chi connectivity index (χ1n) is 8.68. The van der Waals surface area contributed by atoms with Gasteiger partial charge in [0.1, 0.15) is 23.0 Å². The van der Waals surface area contributed by atoms with Gasteiger partial charge in [-0.15, -0.1) is 5.10 Å². The van der Waals surface area contributed by atoms with Crippen molar-refractivity contribution in [3.8, 4) is 0 Å². The average molecular weight is 392 g/mol. The van der Waals surface area contributed by atoms with Crippen LogP contribution in [0.5, 0.6) is 0 Å². The predicted octanol–water partition coefficient (Wildman–Crippen LogP) is 4.95. The van der Waals surface area contributed by atoms with Crippen LogP contribution in [0.3, 0.4) is 0 Å². The fourth-order valence-electron chi connectivity index (χ4n) is 3.65. The first kappa shape index (κ1) is 18.4. The second-order valence-corrected chi connectivity index (χ2v) is 7.18. The second kappa shape index (κ2) is 5.76. The smallest absolute Gasteiger partial charge is 0.453 e. The molecule has 9 heteroatoms. The summed E-state index contributed by atoms with van der Waals surface area (Å²) >= 11 is 0. The maximum atomic E-state index is 13.3. The SMILES string of the molecule is Cc1cc(C2=C[C@@](C)(c3cc(C)oc3C)Nc3nc(C(F)(F)F)nn32)c(C)o1. The van der Waals surface area contributed by atoms with E-state index >= 15 is 0 Å². The zero-order valence-electron chi connectivity index (χ0n) is 16.0. The van der Waals surface area contributed by atoms with Crippen LogP contribution in [-0.2, 0) is 11.7 Å². The third kappa shape index (κ3) is 2.81. The van der Waals surface area contributed by atoms with Gasteiger partial charge in [-0.05, 0) is 52.8 Å². The molecule has 0 fully saturated rings. The molecule has 148 valence electrons. The summed E-state index contributed by atoms with van der Waals surface area (Å²) in [4.78, 5) is 3.71. The molecule has 6 nitrogen and oxygen atoms in total. The van der Waals surface area contributed by atoms with Gasteiger partial charge in [-0.1, -0.05) is 0 Å². The van der Waals surface area contributed by atoms with E-state index in [9.17, 15) is 13.2 Å². The number of rotatable bonds is 2. The van der Waals surface area contributed by atoms with Crippen molar-refractivity contribution in [2.24, 2.45) is 0 Å². The summed E-state index contributed by atoms with van der Waals surface area (Å²) in [5.74, 6) is 1.42. The summed E-state index contributed by atoms with van der Waals surface area (Å²) in [6.07, 6.45) is -2.83. The summed E-state index contributed by atoms with van der Waals surface area (Å²) in [6.45, 7) is 9.04. The Hall–Kier alpha value is -2.97. The van der Waals surface area contributed by atoms with Gasteiger partial charge in [0.15, 0.2) is 0 Å². The number of alkyl halides is 3. The summed E-state index contributed by atoms with van der Waals surface area (Å²) in [6, 6.07) is 3.64. The van der Waals surface area contributed by atoms with E-state index in [2.05, 4.69) is 15.4 Å². The third-order valence-corrected chi connectivity index (χ3v) is 4.80. The van der Waals surface area contributed by atoms with Gasteiger partial charge in [0.05, 0.1) is 11.2 Å². The van der Waals surface area contributed by atoms with E-state index in [0.29, 0.717) is 34.3 Å². The molecule has 3 aromatic heterocycles. The molecule has 0 saturated heterocycles. The Labute approximate surface area is 159 Å². The first-order valence-corrected chi connectivity index (χ1v) is 8.68. The van der Waals surface area contributed by atoms with Crippen molar-refractivity contribution in [3.05, 3.63) is 58.2 Å². The minimum atomic E-state index is -4.66.